The van der Waals surface area contributed by atoms with Crippen molar-refractivity contribution in [3.8, 4) is 18.0 Å². The van der Waals surface area contributed by atoms with Crippen LogP contribution in [-0.2, 0) is 4.79 Å². The van der Waals surface area contributed by atoms with Crippen LogP contribution in [0.5, 0.6) is 5.75 Å². The van der Waals surface area contributed by atoms with E-state index in [0.717, 1.165) is 0 Å². The maximum absolute atomic E-state index is 10.9. The van der Waals surface area contributed by atoms with E-state index in [4.69, 9.17) is 38.2 Å². The number of fused-ring (bicyclic) bond motifs is 1. The first-order valence-corrected chi connectivity index (χ1v) is 8.36. The SMILES string of the molecule is N#CNC1=NC(c2cc(Cl)ccc2OCC(=O)O)c2c(nc(N)c(C#N)c2N)N1. The zero-order valence-electron chi connectivity index (χ0n) is 14.6. The summed E-state index contributed by atoms with van der Waals surface area (Å²) in [4.78, 5) is 19.5. The second-order valence-electron chi connectivity index (χ2n) is 5.77. The van der Waals surface area contributed by atoms with Gasteiger partial charge in [0.05, 0.1) is 5.69 Å². The number of pyridine rings is 1. The molecule has 0 fully saturated rings. The molecule has 1 aromatic heterocycles. The van der Waals surface area contributed by atoms with Crippen molar-refractivity contribution in [3.05, 3.63) is 39.9 Å². The number of carboxylic acids is 1. The first kappa shape index (κ1) is 19.5. The van der Waals surface area contributed by atoms with Gasteiger partial charge in [0, 0.05) is 16.1 Å². The van der Waals surface area contributed by atoms with Crippen LogP contribution in [-0.4, -0.2) is 28.6 Å². The van der Waals surface area contributed by atoms with E-state index in [1.165, 1.54) is 18.2 Å². The summed E-state index contributed by atoms with van der Waals surface area (Å²) in [5.41, 5.74) is 12.6. The Morgan fingerprint density at radius 3 is 2.83 bits per heavy atom. The molecule has 146 valence electrons. The molecule has 0 radical (unpaired) electrons. The normalized spacial score (nSPS) is 14.4. The van der Waals surface area contributed by atoms with Crippen LogP contribution in [0.2, 0.25) is 5.02 Å². The number of nitrogens with zero attached hydrogens (tertiary/aromatic N) is 4. The first-order valence-electron chi connectivity index (χ1n) is 7.98. The topological polar surface area (TPSA) is 195 Å². The fourth-order valence-corrected chi connectivity index (χ4v) is 2.99. The van der Waals surface area contributed by atoms with Gasteiger partial charge in [-0.3, -0.25) is 5.32 Å². The number of aliphatic imine (C=N–C) groups is 1. The van der Waals surface area contributed by atoms with Gasteiger partial charge < -0.3 is 26.6 Å². The minimum Gasteiger partial charge on any atom is -0.482 e. The molecular weight excluding hydrogens is 400 g/mol. The number of ether oxygens (including phenoxy) is 1. The van der Waals surface area contributed by atoms with Crippen LogP contribution < -0.4 is 26.8 Å². The first-order chi connectivity index (χ1) is 13.8. The Labute approximate surface area is 169 Å². The molecule has 2 aromatic rings. The number of anilines is 3. The number of nitrogens with one attached hydrogen (secondary N) is 2. The fraction of sp³-hybridized carbons (Fsp3) is 0.118. The van der Waals surface area contributed by atoms with Crippen molar-refractivity contribution in [1.29, 1.82) is 10.5 Å². The van der Waals surface area contributed by atoms with Crippen molar-refractivity contribution in [1.82, 2.24) is 10.3 Å². The van der Waals surface area contributed by atoms with Crippen LogP contribution in [0.1, 0.15) is 22.7 Å². The Balaban J connectivity index is 2.24. The molecule has 0 spiro atoms. The highest BCUT2D eigenvalue weighted by Gasteiger charge is 2.31. The van der Waals surface area contributed by atoms with E-state index in [9.17, 15) is 10.1 Å². The number of rotatable bonds is 4. The van der Waals surface area contributed by atoms with Gasteiger partial charge in [0.2, 0.25) is 5.96 Å². The molecule has 12 heteroatoms. The molecule has 1 aliphatic heterocycles. The zero-order valence-corrected chi connectivity index (χ0v) is 15.4. The highest BCUT2D eigenvalue weighted by molar-refractivity contribution is 6.30. The molecule has 2 heterocycles. The number of hydrogen-bond acceptors (Lipinski definition) is 10. The summed E-state index contributed by atoms with van der Waals surface area (Å²) in [5, 5.41) is 32.7. The van der Waals surface area contributed by atoms with Gasteiger partial charge in [0.1, 0.15) is 35.1 Å². The van der Waals surface area contributed by atoms with E-state index in [1.54, 1.807) is 6.19 Å². The lowest BCUT2D eigenvalue weighted by Gasteiger charge is -2.27. The van der Waals surface area contributed by atoms with Crippen LogP contribution in [0.15, 0.2) is 23.2 Å². The van der Waals surface area contributed by atoms with E-state index >= 15 is 0 Å². The lowest BCUT2D eigenvalue weighted by Crippen LogP contribution is -2.33. The minimum atomic E-state index is -1.17. The van der Waals surface area contributed by atoms with Crippen molar-refractivity contribution in [2.45, 2.75) is 6.04 Å². The number of nitrogen functional groups attached to an aromatic ring is 2. The van der Waals surface area contributed by atoms with Gasteiger partial charge in [-0.05, 0) is 18.2 Å². The molecule has 1 atom stereocenters. The Bertz CT molecular complexity index is 1120. The van der Waals surface area contributed by atoms with Crippen LogP contribution in [0.25, 0.3) is 0 Å². The predicted molar refractivity (Wildman–Crippen MR) is 104 cm³/mol. The number of hydrogen-bond donors (Lipinski definition) is 5. The van der Waals surface area contributed by atoms with E-state index in [2.05, 4.69) is 20.6 Å². The second-order valence-corrected chi connectivity index (χ2v) is 6.20. The van der Waals surface area contributed by atoms with E-state index in [1.807, 2.05) is 6.07 Å². The average molecular weight is 413 g/mol. The molecule has 3 rings (SSSR count). The Morgan fingerprint density at radius 2 is 2.17 bits per heavy atom. The number of benzene rings is 1. The largest absolute Gasteiger partial charge is 0.482 e. The molecule has 1 unspecified atom stereocenters. The van der Waals surface area contributed by atoms with Gasteiger partial charge in [0.15, 0.2) is 12.8 Å². The van der Waals surface area contributed by atoms with Crippen molar-refractivity contribution in [2.24, 2.45) is 4.99 Å². The smallest absolute Gasteiger partial charge is 0.341 e. The number of carboxylic acid groups (broad SMARTS) is 1. The van der Waals surface area contributed by atoms with Crippen molar-refractivity contribution >= 4 is 40.9 Å². The van der Waals surface area contributed by atoms with E-state index in [0.29, 0.717) is 16.1 Å². The molecule has 0 aliphatic carbocycles. The lowest BCUT2D eigenvalue weighted by molar-refractivity contribution is -0.139. The number of nitrogens with two attached hydrogens (primary N) is 2. The molecule has 0 saturated carbocycles. The number of aromatic nitrogens is 1. The fourth-order valence-electron chi connectivity index (χ4n) is 2.81. The Kier molecular flexibility index (Phi) is 5.25. The average Bonchev–Trinajstić information content (AvgIpc) is 2.66. The van der Waals surface area contributed by atoms with Crippen molar-refractivity contribution in [3.63, 3.8) is 0 Å². The van der Waals surface area contributed by atoms with Crippen molar-refractivity contribution in [2.75, 3.05) is 23.4 Å². The van der Waals surface area contributed by atoms with Crippen LogP contribution in [0, 0.1) is 22.8 Å². The number of aliphatic carboxylic acids is 1. The third-order valence-electron chi connectivity index (χ3n) is 3.98. The molecule has 0 saturated heterocycles. The molecular formula is C17H13ClN8O3. The highest BCUT2D eigenvalue weighted by Crippen LogP contribution is 2.43. The second kappa shape index (κ2) is 7.80. The number of nitriles is 2. The van der Waals surface area contributed by atoms with Gasteiger partial charge in [-0.25, -0.2) is 14.8 Å². The predicted octanol–water partition coefficient (Wildman–Crippen LogP) is 1.18. The summed E-state index contributed by atoms with van der Waals surface area (Å²) in [6.07, 6.45) is 1.74. The molecule has 1 aliphatic rings. The zero-order chi connectivity index (χ0) is 21.1. The summed E-state index contributed by atoms with van der Waals surface area (Å²) < 4.78 is 5.35. The third-order valence-corrected chi connectivity index (χ3v) is 4.21. The molecule has 29 heavy (non-hydrogen) atoms. The summed E-state index contributed by atoms with van der Waals surface area (Å²) in [7, 11) is 0. The Hall–Kier alpha value is -4.22. The summed E-state index contributed by atoms with van der Waals surface area (Å²) in [5.74, 6) is -0.857. The van der Waals surface area contributed by atoms with Gasteiger partial charge in [-0.1, -0.05) is 11.6 Å². The van der Waals surface area contributed by atoms with Crippen LogP contribution >= 0.6 is 11.6 Å². The maximum atomic E-state index is 10.9. The van der Waals surface area contributed by atoms with Gasteiger partial charge >= 0.3 is 5.97 Å². The Morgan fingerprint density at radius 1 is 1.41 bits per heavy atom. The monoisotopic (exact) mass is 412 g/mol. The summed E-state index contributed by atoms with van der Waals surface area (Å²) >= 11 is 6.12. The van der Waals surface area contributed by atoms with Crippen molar-refractivity contribution < 1.29 is 14.6 Å². The molecule has 11 nitrogen and oxygen atoms in total. The minimum absolute atomic E-state index is 0.0301. The number of halogens is 1. The quantitative estimate of drug-likeness (QED) is 0.359. The van der Waals surface area contributed by atoms with Crippen LogP contribution in [0.3, 0.4) is 0 Å². The number of guanidine groups is 1. The van der Waals surface area contributed by atoms with Gasteiger partial charge in [-0.15, -0.1) is 0 Å². The van der Waals surface area contributed by atoms with Gasteiger partial charge in [0.25, 0.3) is 0 Å². The maximum Gasteiger partial charge on any atom is 0.341 e. The molecule has 7 N–H and O–H groups in total. The standard InChI is InChI=1S/C17H13ClN8O3/c18-7-1-2-10(29-5-11(27)28)8(3-7)14-12-13(21)9(4-19)15(22)25-16(12)26-17(24-14)23-6-20/h1-3,14H,5H2,(H,27,28)(H6,21,22,23,24,25,26). The molecule has 0 amide bonds. The van der Waals surface area contributed by atoms with Crippen LogP contribution in [0.4, 0.5) is 17.3 Å². The van der Waals surface area contributed by atoms with E-state index < -0.39 is 18.6 Å². The number of carbonyl (C=O) groups is 1. The summed E-state index contributed by atoms with van der Waals surface area (Å²) in [6.45, 7) is -0.599. The highest BCUT2D eigenvalue weighted by atomic mass is 35.5. The molecule has 1 aromatic carbocycles. The lowest BCUT2D eigenvalue weighted by atomic mass is 9.94. The summed E-state index contributed by atoms with van der Waals surface area (Å²) in [6, 6.07) is 5.51. The van der Waals surface area contributed by atoms with Gasteiger partial charge in [-0.2, -0.15) is 10.5 Å². The van der Waals surface area contributed by atoms with E-state index in [-0.39, 0.29) is 34.6 Å². The third kappa shape index (κ3) is 3.76. The molecule has 0 bridgehead atoms.